The van der Waals surface area contributed by atoms with Gasteiger partial charge in [-0.25, -0.2) is 0 Å². The predicted molar refractivity (Wildman–Crippen MR) is 70.1 cm³/mol. The van der Waals surface area contributed by atoms with E-state index in [0.29, 0.717) is 6.54 Å². The minimum atomic E-state index is 0.0818. The molecule has 0 aromatic carbocycles. The molecule has 17 heavy (non-hydrogen) atoms. The van der Waals surface area contributed by atoms with Crippen molar-refractivity contribution in [3.8, 4) is 0 Å². The summed E-state index contributed by atoms with van der Waals surface area (Å²) in [6.07, 6.45) is 0. The van der Waals surface area contributed by atoms with Crippen LogP contribution in [0.2, 0.25) is 0 Å². The lowest BCUT2D eigenvalue weighted by Crippen LogP contribution is -2.47. The fraction of sp³-hybridized carbons (Fsp3) is 0.917. The molecule has 0 spiro atoms. The zero-order valence-electron chi connectivity index (χ0n) is 11.3. The van der Waals surface area contributed by atoms with Crippen molar-refractivity contribution in [3.05, 3.63) is 0 Å². The summed E-state index contributed by atoms with van der Waals surface area (Å²) >= 11 is 0. The van der Waals surface area contributed by atoms with E-state index >= 15 is 0 Å². The van der Waals surface area contributed by atoms with Gasteiger partial charge in [-0.15, -0.1) is 0 Å². The van der Waals surface area contributed by atoms with E-state index < -0.39 is 0 Å². The van der Waals surface area contributed by atoms with Crippen LogP contribution in [0.5, 0.6) is 0 Å². The van der Waals surface area contributed by atoms with Crippen molar-refractivity contribution in [3.63, 3.8) is 0 Å². The van der Waals surface area contributed by atoms with E-state index in [9.17, 15) is 4.79 Å². The van der Waals surface area contributed by atoms with Gasteiger partial charge in [0.15, 0.2) is 0 Å². The molecule has 1 aliphatic rings. The third-order valence-corrected chi connectivity index (χ3v) is 2.94. The van der Waals surface area contributed by atoms with Crippen molar-refractivity contribution >= 4 is 5.91 Å². The summed E-state index contributed by atoms with van der Waals surface area (Å²) in [5.74, 6) is 0.0818. The maximum absolute atomic E-state index is 11.4. The number of nitrogens with zero attached hydrogens (tertiary/aromatic N) is 2. The normalized spacial score (nSPS) is 18.6. The van der Waals surface area contributed by atoms with Crippen LogP contribution in [0.4, 0.5) is 0 Å². The van der Waals surface area contributed by atoms with Crippen LogP contribution < -0.4 is 10.6 Å². The number of piperazine rings is 1. The quantitative estimate of drug-likeness (QED) is 0.608. The molecule has 0 aromatic rings. The average Bonchev–Trinajstić information content (AvgIpc) is 2.26. The second-order valence-electron chi connectivity index (χ2n) is 5.04. The Bertz CT molecular complexity index is 225. The fourth-order valence-corrected chi connectivity index (χ4v) is 1.88. The fourth-order valence-electron chi connectivity index (χ4n) is 1.88. The van der Waals surface area contributed by atoms with Crippen LogP contribution in [0, 0.1) is 0 Å². The standard InChI is InChI=1S/C12H26N4O/c1-11(2)14-12(17)10-13-4-5-16-8-6-15(3)7-9-16/h11,13H,4-10H2,1-3H3,(H,14,17). The number of nitrogens with one attached hydrogen (secondary N) is 2. The number of carbonyl (C=O) groups excluding carboxylic acids is 1. The molecule has 100 valence electrons. The Morgan fingerprint density at radius 3 is 2.47 bits per heavy atom. The van der Waals surface area contributed by atoms with Gasteiger partial charge in [-0.1, -0.05) is 0 Å². The Hall–Kier alpha value is -0.650. The molecular weight excluding hydrogens is 216 g/mol. The smallest absolute Gasteiger partial charge is 0.234 e. The Morgan fingerprint density at radius 1 is 1.24 bits per heavy atom. The first-order chi connectivity index (χ1) is 8.08. The van der Waals surface area contributed by atoms with Crippen LogP contribution >= 0.6 is 0 Å². The molecule has 5 heteroatoms. The first-order valence-electron chi connectivity index (χ1n) is 6.49. The molecule has 1 aliphatic heterocycles. The van der Waals surface area contributed by atoms with Crippen LogP contribution in [-0.2, 0) is 4.79 Å². The lowest BCUT2D eigenvalue weighted by molar-refractivity contribution is -0.120. The van der Waals surface area contributed by atoms with Crippen LogP contribution in [0.25, 0.3) is 0 Å². The molecular formula is C12H26N4O. The van der Waals surface area contributed by atoms with Crippen LogP contribution in [0.15, 0.2) is 0 Å². The molecule has 0 bridgehead atoms. The van der Waals surface area contributed by atoms with Gasteiger partial charge >= 0.3 is 0 Å². The van der Waals surface area contributed by atoms with E-state index in [-0.39, 0.29) is 11.9 Å². The van der Waals surface area contributed by atoms with Gasteiger partial charge < -0.3 is 15.5 Å². The number of hydrogen-bond acceptors (Lipinski definition) is 4. The van der Waals surface area contributed by atoms with Crippen molar-refractivity contribution in [2.24, 2.45) is 0 Å². The summed E-state index contributed by atoms with van der Waals surface area (Å²) in [5, 5.41) is 6.05. The van der Waals surface area contributed by atoms with Gasteiger partial charge in [0.05, 0.1) is 6.54 Å². The number of rotatable bonds is 6. The highest BCUT2D eigenvalue weighted by Crippen LogP contribution is 1.97. The SMILES string of the molecule is CC(C)NC(=O)CNCCN1CCN(C)CC1. The highest BCUT2D eigenvalue weighted by molar-refractivity contribution is 5.78. The molecule has 0 saturated carbocycles. The van der Waals surface area contributed by atoms with E-state index in [2.05, 4.69) is 27.5 Å². The molecule has 2 N–H and O–H groups in total. The van der Waals surface area contributed by atoms with E-state index in [4.69, 9.17) is 0 Å². The van der Waals surface area contributed by atoms with Gasteiger partial charge in [0.1, 0.15) is 0 Å². The van der Waals surface area contributed by atoms with E-state index in [1.165, 1.54) is 0 Å². The van der Waals surface area contributed by atoms with Crippen molar-refractivity contribution in [1.82, 2.24) is 20.4 Å². The lowest BCUT2D eigenvalue weighted by Gasteiger charge is -2.32. The minimum absolute atomic E-state index is 0.0818. The van der Waals surface area contributed by atoms with Crippen molar-refractivity contribution < 1.29 is 4.79 Å². The van der Waals surface area contributed by atoms with Gasteiger partial charge in [-0.05, 0) is 20.9 Å². The summed E-state index contributed by atoms with van der Waals surface area (Å²) < 4.78 is 0. The van der Waals surface area contributed by atoms with E-state index in [1.807, 2.05) is 13.8 Å². The maximum atomic E-state index is 11.4. The Morgan fingerprint density at radius 2 is 1.88 bits per heavy atom. The molecule has 1 amide bonds. The first-order valence-corrected chi connectivity index (χ1v) is 6.49. The highest BCUT2D eigenvalue weighted by Gasteiger charge is 2.12. The summed E-state index contributed by atoms with van der Waals surface area (Å²) in [6, 6.07) is 0.224. The van der Waals surface area contributed by atoms with Crippen LogP contribution in [0.1, 0.15) is 13.8 Å². The molecule has 0 unspecified atom stereocenters. The van der Waals surface area contributed by atoms with Crippen molar-refractivity contribution in [2.45, 2.75) is 19.9 Å². The maximum Gasteiger partial charge on any atom is 0.234 e. The predicted octanol–water partition coefficient (Wildman–Crippen LogP) is -0.652. The number of likely N-dealkylation sites (N-methyl/N-ethyl adjacent to an activating group) is 1. The minimum Gasteiger partial charge on any atom is -0.353 e. The summed E-state index contributed by atoms with van der Waals surface area (Å²) in [4.78, 5) is 16.1. The third kappa shape index (κ3) is 6.61. The van der Waals surface area contributed by atoms with E-state index in [1.54, 1.807) is 0 Å². The molecule has 0 aromatic heterocycles. The second-order valence-corrected chi connectivity index (χ2v) is 5.04. The average molecular weight is 242 g/mol. The van der Waals surface area contributed by atoms with Crippen molar-refractivity contribution in [2.75, 3.05) is 52.9 Å². The highest BCUT2D eigenvalue weighted by atomic mass is 16.1. The zero-order chi connectivity index (χ0) is 12.7. The number of hydrogen-bond donors (Lipinski definition) is 2. The molecule has 5 nitrogen and oxygen atoms in total. The number of carbonyl (C=O) groups is 1. The molecule has 1 heterocycles. The van der Waals surface area contributed by atoms with Crippen LogP contribution in [-0.4, -0.2) is 74.6 Å². The van der Waals surface area contributed by atoms with Gasteiger partial charge in [0.2, 0.25) is 5.91 Å². The molecule has 0 atom stereocenters. The molecule has 1 rings (SSSR count). The molecule has 1 fully saturated rings. The Balaban J connectivity index is 1.99. The Kier molecular flexibility index (Phi) is 6.47. The largest absolute Gasteiger partial charge is 0.353 e. The number of amides is 1. The zero-order valence-corrected chi connectivity index (χ0v) is 11.3. The first kappa shape index (κ1) is 14.4. The second kappa shape index (κ2) is 7.63. The van der Waals surface area contributed by atoms with Crippen LogP contribution in [0.3, 0.4) is 0 Å². The Labute approximate surface area is 105 Å². The molecule has 0 radical (unpaired) electrons. The summed E-state index contributed by atoms with van der Waals surface area (Å²) in [5.41, 5.74) is 0. The van der Waals surface area contributed by atoms with Crippen molar-refractivity contribution in [1.29, 1.82) is 0 Å². The molecule has 1 saturated heterocycles. The molecule has 0 aliphatic carbocycles. The lowest BCUT2D eigenvalue weighted by atomic mass is 10.3. The summed E-state index contributed by atoms with van der Waals surface area (Å²) in [6.45, 7) is 10.8. The van der Waals surface area contributed by atoms with Gasteiger partial charge in [0, 0.05) is 45.3 Å². The topological polar surface area (TPSA) is 47.6 Å². The monoisotopic (exact) mass is 242 g/mol. The summed E-state index contributed by atoms with van der Waals surface area (Å²) in [7, 11) is 2.16. The van der Waals surface area contributed by atoms with Gasteiger partial charge in [-0.3, -0.25) is 9.69 Å². The van der Waals surface area contributed by atoms with Gasteiger partial charge in [-0.2, -0.15) is 0 Å². The van der Waals surface area contributed by atoms with E-state index in [0.717, 1.165) is 39.3 Å². The third-order valence-electron chi connectivity index (χ3n) is 2.94. The van der Waals surface area contributed by atoms with Gasteiger partial charge in [0.25, 0.3) is 0 Å².